The molecule has 6 heteroatoms. The van der Waals surface area contributed by atoms with Gasteiger partial charge in [0, 0.05) is 19.1 Å². The first-order valence-corrected chi connectivity index (χ1v) is 13.6. The maximum atomic E-state index is 14.2. The predicted octanol–water partition coefficient (Wildman–Crippen LogP) is 4.07. The summed E-state index contributed by atoms with van der Waals surface area (Å²) in [4.78, 5) is 45.5. The van der Waals surface area contributed by atoms with E-state index in [4.69, 9.17) is 0 Å². The molecule has 3 heterocycles. The number of rotatable bonds is 5. The summed E-state index contributed by atoms with van der Waals surface area (Å²) in [7, 11) is 0. The van der Waals surface area contributed by atoms with E-state index in [0.29, 0.717) is 12.3 Å². The van der Waals surface area contributed by atoms with E-state index in [-0.39, 0.29) is 30.3 Å². The molecular formula is C30H35N3O3. The van der Waals surface area contributed by atoms with E-state index in [0.717, 1.165) is 30.6 Å². The molecule has 3 amide bonds. The van der Waals surface area contributed by atoms with Gasteiger partial charge in [-0.05, 0) is 42.7 Å². The lowest BCUT2D eigenvalue weighted by molar-refractivity contribution is -0.150. The zero-order valence-electron chi connectivity index (χ0n) is 20.8. The third kappa shape index (κ3) is 3.86. The Labute approximate surface area is 213 Å². The number of carbonyl (C=O) groups excluding carboxylic acids is 3. The number of nitrogens with one attached hydrogen (secondary N) is 1. The predicted molar refractivity (Wildman–Crippen MR) is 136 cm³/mol. The van der Waals surface area contributed by atoms with Crippen molar-refractivity contribution in [2.45, 2.75) is 63.1 Å². The molecule has 0 bridgehead atoms. The monoisotopic (exact) mass is 485 g/mol. The Hall–Kier alpha value is -2.99. The van der Waals surface area contributed by atoms with Gasteiger partial charge < -0.3 is 4.90 Å². The van der Waals surface area contributed by atoms with Gasteiger partial charge in [-0.25, -0.2) is 0 Å². The summed E-state index contributed by atoms with van der Waals surface area (Å²) in [6.07, 6.45) is 7.53. The minimum Gasteiger partial charge on any atom is -0.341 e. The maximum Gasteiger partial charge on any atom is 0.243 e. The molecule has 4 aliphatic rings. The van der Waals surface area contributed by atoms with E-state index in [1.807, 2.05) is 65.6 Å². The lowest BCUT2D eigenvalue weighted by atomic mass is 9.74. The summed E-state index contributed by atoms with van der Waals surface area (Å²) in [5.41, 5.74) is 0.867. The molecule has 6 rings (SSSR count). The molecule has 0 aromatic heterocycles. The highest BCUT2D eigenvalue weighted by Crippen LogP contribution is 2.52. The second kappa shape index (κ2) is 9.47. The molecule has 2 aromatic carbocycles. The standard InChI is InChI=1S/C30H35N3O3/c34-27-24-25(28(35)33(27)20-22-13-6-2-7-14-22)30(31-26(24)23-15-8-3-9-16-23)17-10-18-32(29(30)36)19-21-11-4-1-5-12-21/h2-3,6-9,13-16,21,24-26,31H,1,4-5,10-12,17-20H2/t24-,25-,26-,30-/m1/s1. The van der Waals surface area contributed by atoms with Gasteiger partial charge in [-0.3, -0.25) is 24.6 Å². The van der Waals surface area contributed by atoms with Gasteiger partial charge in [0.1, 0.15) is 5.54 Å². The first-order chi connectivity index (χ1) is 17.6. The summed E-state index contributed by atoms with van der Waals surface area (Å²) < 4.78 is 0. The summed E-state index contributed by atoms with van der Waals surface area (Å²) in [6.45, 7) is 1.76. The maximum absolute atomic E-state index is 14.2. The lowest BCUT2D eigenvalue weighted by Gasteiger charge is -2.43. The van der Waals surface area contributed by atoms with E-state index in [1.165, 1.54) is 37.0 Å². The summed E-state index contributed by atoms with van der Waals surface area (Å²) in [6, 6.07) is 19.2. The van der Waals surface area contributed by atoms with Crippen molar-refractivity contribution in [3.63, 3.8) is 0 Å². The van der Waals surface area contributed by atoms with Crippen LogP contribution in [-0.4, -0.2) is 46.1 Å². The van der Waals surface area contributed by atoms with Crippen LogP contribution >= 0.6 is 0 Å². The van der Waals surface area contributed by atoms with Crippen molar-refractivity contribution in [1.29, 1.82) is 0 Å². The lowest BCUT2D eigenvalue weighted by Crippen LogP contribution is -2.64. The first-order valence-electron chi connectivity index (χ1n) is 13.6. The van der Waals surface area contributed by atoms with Crippen LogP contribution in [0.5, 0.6) is 0 Å². The number of hydrogen-bond acceptors (Lipinski definition) is 4. The van der Waals surface area contributed by atoms with Gasteiger partial charge in [0.2, 0.25) is 17.7 Å². The molecule has 1 aliphatic carbocycles. The summed E-state index contributed by atoms with van der Waals surface area (Å²) in [5, 5.41) is 3.63. The van der Waals surface area contributed by atoms with Crippen molar-refractivity contribution >= 4 is 17.7 Å². The zero-order chi connectivity index (χ0) is 24.7. The molecule has 36 heavy (non-hydrogen) atoms. The molecule has 188 valence electrons. The van der Waals surface area contributed by atoms with Gasteiger partial charge >= 0.3 is 0 Å². The average Bonchev–Trinajstić information content (AvgIpc) is 3.38. The van der Waals surface area contributed by atoms with Gasteiger partial charge in [-0.2, -0.15) is 0 Å². The Morgan fingerprint density at radius 3 is 2.25 bits per heavy atom. The average molecular weight is 486 g/mol. The fourth-order valence-corrected chi connectivity index (χ4v) is 7.25. The van der Waals surface area contributed by atoms with Gasteiger partial charge in [-0.15, -0.1) is 0 Å². The highest BCUT2D eigenvalue weighted by molar-refractivity contribution is 6.10. The minimum atomic E-state index is -1.02. The van der Waals surface area contributed by atoms with Crippen LogP contribution in [0.3, 0.4) is 0 Å². The topological polar surface area (TPSA) is 69.7 Å². The van der Waals surface area contributed by atoms with Crippen molar-refractivity contribution in [2.24, 2.45) is 17.8 Å². The van der Waals surface area contributed by atoms with Crippen molar-refractivity contribution in [3.8, 4) is 0 Å². The number of benzene rings is 2. The van der Waals surface area contributed by atoms with E-state index >= 15 is 0 Å². The highest BCUT2D eigenvalue weighted by Gasteiger charge is 2.69. The van der Waals surface area contributed by atoms with Crippen molar-refractivity contribution in [2.75, 3.05) is 13.1 Å². The Morgan fingerprint density at radius 2 is 1.53 bits per heavy atom. The smallest absolute Gasteiger partial charge is 0.243 e. The van der Waals surface area contributed by atoms with Crippen LogP contribution < -0.4 is 5.32 Å². The van der Waals surface area contributed by atoms with Crippen LogP contribution in [0.25, 0.3) is 0 Å². The molecule has 4 atom stereocenters. The van der Waals surface area contributed by atoms with Crippen LogP contribution in [0.1, 0.15) is 62.1 Å². The number of fused-ring (bicyclic) bond motifs is 2. The Bertz CT molecular complexity index is 1130. The van der Waals surface area contributed by atoms with Crippen molar-refractivity contribution in [1.82, 2.24) is 15.1 Å². The second-order valence-corrected chi connectivity index (χ2v) is 11.1. The van der Waals surface area contributed by atoms with Crippen molar-refractivity contribution in [3.05, 3.63) is 71.8 Å². The number of imide groups is 1. The Balaban J connectivity index is 1.35. The largest absolute Gasteiger partial charge is 0.341 e. The number of hydrogen-bond donors (Lipinski definition) is 1. The number of likely N-dealkylation sites (tertiary alicyclic amines) is 2. The first kappa shape index (κ1) is 23.4. The number of carbonyl (C=O) groups is 3. The number of nitrogens with zero attached hydrogens (tertiary/aromatic N) is 2. The molecule has 2 aromatic rings. The van der Waals surface area contributed by atoms with Crippen LogP contribution in [0.15, 0.2) is 60.7 Å². The van der Waals surface area contributed by atoms with Crippen LogP contribution in [0.4, 0.5) is 0 Å². The number of piperidine rings is 1. The molecule has 6 nitrogen and oxygen atoms in total. The number of amides is 3. The summed E-state index contributed by atoms with van der Waals surface area (Å²) >= 11 is 0. The molecule has 3 aliphatic heterocycles. The van der Waals surface area contributed by atoms with Crippen molar-refractivity contribution < 1.29 is 14.4 Å². The van der Waals surface area contributed by atoms with Gasteiger partial charge in [0.25, 0.3) is 0 Å². The zero-order valence-corrected chi connectivity index (χ0v) is 20.8. The molecule has 0 radical (unpaired) electrons. The van der Waals surface area contributed by atoms with Gasteiger partial charge in [0.15, 0.2) is 0 Å². The molecule has 1 saturated carbocycles. The molecule has 1 spiro atoms. The van der Waals surface area contributed by atoms with Gasteiger partial charge in [0.05, 0.1) is 18.4 Å². The Morgan fingerprint density at radius 1 is 0.833 bits per heavy atom. The Kier molecular flexibility index (Phi) is 6.16. The second-order valence-electron chi connectivity index (χ2n) is 11.1. The fraction of sp³-hybridized carbons (Fsp3) is 0.500. The van der Waals surface area contributed by atoms with Crippen LogP contribution in [-0.2, 0) is 20.9 Å². The SMILES string of the molecule is O=C1[C@H]2[C@@H](c3ccccc3)N[C@]3(CCCN(CC4CCCCC4)C3=O)[C@H]2C(=O)N1Cc1ccccc1. The molecular weight excluding hydrogens is 450 g/mol. The van der Waals surface area contributed by atoms with E-state index in [1.54, 1.807) is 0 Å². The molecule has 4 fully saturated rings. The van der Waals surface area contributed by atoms with Crippen LogP contribution in [0.2, 0.25) is 0 Å². The summed E-state index contributed by atoms with van der Waals surface area (Å²) in [5.74, 6) is -1.04. The molecule has 0 unspecified atom stereocenters. The third-order valence-corrected chi connectivity index (χ3v) is 8.96. The third-order valence-electron chi connectivity index (χ3n) is 8.96. The van der Waals surface area contributed by atoms with Gasteiger partial charge in [-0.1, -0.05) is 79.9 Å². The fourth-order valence-electron chi connectivity index (χ4n) is 7.25. The normalized spacial score (nSPS) is 30.9. The highest BCUT2D eigenvalue weighted by atomic mass is 16.2. The minimum absolute atomic E-state index is 0.0236. The van der Waals surface area contributed by atoms with E-state index in [9.17, 15) is 14.4 Å². The molecule has 3 saturated heterocycles. The van der Waals surface area contributed by atoms with Crippen LogP contribution in [0, 0.1) is 17.8 Å². The van der Waals surface area contributed by atoms with E-state index < -0.39 is 17.4 Å². The quantitative estimate of drug-likeness (QED) is 0.648. The molecule has 1 N–H and O–H groups in total. The van der Waals surface area contributed by atoms with E-state index in [2.05, 4.69) is 5.32 Å².